The van der Waals surface area contributed by atoms with E-state index in [-0.39, 0.29) is 17.9 Å². The van der Waals surface area contributed by atoms with E-state index >= 15 is 0 Å². The molecule has 1 aliphatic rings. The van der Waals surface area contributed by atoms with Gasteiger partial charge in [-0.3, -0.25) is 9.59 Å². The van der Waals surface area contributed by atoms with E-state index in [1.54, 1.807) is 6.07 Å². The maximum atomic E-state index is 11.8. The van der Waals surface area contributed by atoms with Gasteiger partial charge in [-0.15, -0.1) is 11.3 Å². The summed E-state index contributed by atoms with van der Waals surface area (Å²) in [6.07, 6.45) is 0.353. The molecule has 4 N–H and O–H groups in total. The normalized spacial score (nSPS) is 19.6. The minimum atomic E-state index is -0.161. The summed E-state index contributed by atoms with van der Waals surface area (Å²) in [4.78, 5) is 24.3. The van der Waals surface area contributed by atoms with Gasteiger partial charge in [0.05, 0.1) is 10.9 Å². The fourth-order valence-corrected chi connectivity index (χ4v) is 2.42. The number of aryl methyl sites for hydroxylation is 1. The molecule has 1 unspecified atom stereocenters. The summed E-state index contributed by atoms with van der Waals surface area (Å²) in [6.45, 7) is 2.38. The highest BCUT2D eigenvalue weighted by Gasteiger charge is 2.23. The Morgan fingerprint density at radius 3 is 2.94 bits per heavy atom. The molecule has 6 heteroatoms. The topological polar surface area (TPSA) is 84.2 Å². The molecule has 1 fully saturated rings. The van der Waals surface area contributed by atoms with Crippen molar-refractivity contribution >= 4 is 28.8 Å². The number of nitrogens with one attached hydrogen (secondary N) is 2. The summed E-state index contributed by atoms with van der Waals surface area (Å²) >= 11 is 1.36. The minimum Gasteiger partial charge on any atom is -0.398 e. The summed E-state index contributed by atoms with van der Waals surface area (Å²) in [5.74, 6) is -0.182. The quantitative estimate of drug-likeness (QED) is 0.692. The monoisotopic (exact) mass is 239 g/mol. The second kappa shape index (κ2) is 4.13. The predicted octanol–water partition coefficient (Wildman–Crippen LogP) is 0.257. The van der Waals surface area contributed by atoms with Crippen molar-refractivity contribution in [1.82, 2.24) is 10.6 Å². The molecular weight excluding hydrogens is 226 g/mol. The standard InChI is InChI=1S/C10H13N3O2S/c1-5-7(11)3-8(16-5)10(15)13-6-2-9(14)12-4-6/h3,6H,2,4,11H2,1H3,(H,12,14)(H,13,15). The van der Waals surface area contributed by atoms with Crippen LogP contribution in [0.3, 0.4) is 0 Å². The van der Waals surface area contributed by atoms with Gasteiger partial charge in [-0.05, 0) is 13.0 Å². The number of carbonyl (C=O) groups excluding carboxylic acids is 2. The zero-order chi connectivity index (χ0) is 11.7. The van der Waals surface area contributed by atoms with E-state index in [2.05, 4.69) is 10.6 Å². The van der Waals surface area contributed by atoms with Crippen molar-refractivity contribution in [2.24, 2.45) is 0 Å². The third-order valence-electron chi connectivity index (χ3n) is 2.49. The molecule has 16 heavy (non-hydrogen) atoms. The molecule has 2 heterocycles. The Bertz CT molecular complexity index is 422. The van der Waals surface area contributed by atoms with Crippen LogP contribution >= 0.6 is 11.3 Å². The zero-order valence-corrected chi connectivity index (χ0v) is 9.69. The lowest BCUT2D eigenvalue weighted by Gasteiger charge is -2.08. The molecule has 1 aliphatic heterocycles. The number of nitrogens with two attached hydrogens (primary N) is 1. The molecule has 5 nitrogen and oxygen atoms in total. The Kier molecular flexibility index (Phi) is 2.82. The predicted molar refractivity (Wildman–Crippen MR) is 62.3 cm³/mol. The van der Waals surface area contributed by atoms with Crippen LogP contribution < -0.4 is 16.4 Å². The van der Waals surface area contributed by atoms with Crippen LogP contribution in [0.4, 0.5) is 5.69 Å². The number of anilines is 1. The molecule has 2 rings (SSSR count). The second-order valence-electron chi connectivity index (χ2n) is 3.80. The second-order valence-corrected chi connectivity index (χ2v) is 5.06. The molecule has 86 valence electrons. The Morgan fingerprint density at radius 1 is 1.69 bits per heavy atom. The van der Waals surface area contributed by atoms with Crippen molar-refractivity contribution in [3.05, 3.63) is 15.8 Å². The minimum absolute atomic E-state index is 0.0211. The van der Waals surface area contributed by atoms with E-state index in [9.17, 15) is 9.59 Å². The molecule has 2 amide bonds. The van der Waals surface area contributed by atoms with Crippen molar-refractivity contribution < 1.29 is 9.59 Å². The van der Waals surface area contributed by atoms with Crippen LogP contribution in [0.2, 0.25) is 0 Å². The Hall–Kier alpha value is -1.56. The van der Waals surface area contributed by atoms with Gasteiger partial charge in [-0.2, -0.15) is 0 Å². The molecule has 1 aromatic rings. The summed E-state index contributed by atoms with van der Waals surface area (Å²) in [6, 6.07) is 1.56. The number of rotatable bonds is 2. The Labute approximate surface area is 97.0 Å². The van der Waals surface area contributed by atoms with E-state index in [4.69, 9.17) is 5.73 Å². The first-order valence-corrected chi connectivity index (χ1v) is 5.81. The van der Waals surface area contributed by atoms with Gasteiger partial charge in [0.1, 0.15) is 0 Å². The third-order valence-corrected chi connectivity index (χ3v) is 3.56. The highest BCUT2D eigenvalue weighted by Crippen LogP contribution is 2.23. The first kappa shape index (κ1) is 10.9. The maximum Gasteiger partial charge on any atom is 0.261 e. The maximum absolute atomic E-state index is 11.8. The molecule has 0 radical (unpaired) electrons. The third kappa shape index (κ3) is 2.16. The molecule has 1 aromatic heterocycles. The van der Waals surface area contributed by atoms with Gasteiger partial charge in [-0.25, -0.2) is 0 Å². The fraction of sp³-hybridized carbons (Fsp3) is 0.400. The van der Waals surface area contributed by atoms with Gasteiger partial charge in [-0.1, -0.05) is 0 Å². The lowest BCUT2D eigenvalue weighted by molar-refractivity contribution is -0.119. The largest absolute Gasteiger partial charge is 0.398 e. The van der Waals surface area contributed by atoms with Gasteiger partial charge in [0.15, 0.2) is 0 Å². The van der Waals surface area contributed by atoms with Crippen LogP contribution in [0.1, 0.15) is 21.0 Å². The van der Waals surface area contributed by atoms with Gasteiger partial charge >= 0.3 is 0 Å². The van der Waals surface area contributed by atoms with E-state index in [1.807, 2.05) is 6.92 Å². The lowest BCUT2D eigenvalue weighted by Crippen LogP contribution is -2.35. The molecule has 0 aliphatic carbocycles. The zero-order valence-electron chi connectivity index (χ0n) is 8.87. The number of amides is 2. The molecule has 1 atom stereocenters. The molecular formula is C10H13N3O2S. The van der Waals surface area contributed by atoms with E-state index < -0.39 is 0 Å². The van der Waals surface area contributed by atoms with Gasteiger partial charge in [0.2, 0.25) is 5.91 Å². The van der Waals surface area contributed by atoms with Crippen molar-refractivity contribution in [3.8, 4) is 0 Å². The van der Waals surface area contributed by atoms with Gasteiger partial charge in [0.25, 0.3) is 5.91 Å². The number of hydrogen-bond acceptors (Lipinski definition) is 4. The van der Waals surface area contributed by atoms with Crippen molar-refractivity contribution in [2.45, 2.75) is 19.4 Å². The van der Waals surface area contributed by atoms with Crippen molar-refractivity contribution in [3.63, 3.8) is 0 Å². The van der Waals surface area contributed by atoms with Crippen molar-refractivity contribution in [1.29, 1.82) is 0 Å². The SMILES string of the molecule is Cc1sc(C(=O)NC2CNC(=O)C2)cc1N. The van der Waals surface area contributed by atoms with Crippen LogP contribution in [-0.4, -0.2) is 24.4 Å². The van der Waals surface area contributed by atoms with Crippen molar-refractivity contribution in [2.75, 3.05) is 12.3 Å². The number of nitrogen functional groups attached to an aromatic ring is 1. The molecule has 0 bridgehead atoms. The fourth-order valence-electron chi connectivity index (χ4n) is 1.57. The molecule has 0 aromatic carbocycles. The first-order valence-electron chi connectivity index (χ1n) is 4.99. The van der Waals surface area contributed by atoms with E-state index in [0.29, 0.717) is 23.5 Å². The van der Waals surface area contributed by atoms with Crippen LogP contribution in [0, 0.1) is 6.92 Å². The van der Waals surface area contributed by atoms with E-state index in [1.165, 1.54) is 11.3 Å². The number of thiophene rings is 1. The first-order chi connectivity index (χ1) is 7.56. The summed E-state index contributed by atoms with van der Waals surface area (Å²) in [7, 11) is 0. The highest BCUT2D eigenvalue weighted by molar-refractivity contribution is 7.14. The summed E-state index contributed by atoms with van der Waals surface area (Å²) in [5.41, 5.74) is 6.31. The van der Waals surface area contributed by atoms with Crippen LogP contribution in [-0.2, 0) is 4.79 Å². The molecule has 0 spiro atoms. The summed E-state index contributed by atoms with van der Waals surface area (Å²) < 4.78 is 0. The summed E-state index contributed by atoms with van der Waals surface area (Å²) in [5, 5.41) is 5.47. The number of carbonyl (C=O) groups is 2. The molecule has 0 saturated carbocycles. The lowest BCUT2D eigenvalue weighted by atomic mass is 10.2. The average molecular weight is 239 g/mol. The average Bonchev–Trinajstić information content (AvgIpc) is 2.75. The number of hydrogen-bond donors (Lipinski definition) is 3. The Morgan fingerprint density at radius 2 is 2.44 bits per heavy atom. The van der Waals surface area contributed by atoms with Crippen LogP contribution in [0.25, 0.3) is 0 Å². The van der Waals surface area contributed by atoms with Crippen LogP contribution in [0.5, 0.6) is 0 Å². The van der Waals surface area contributed by atoms with Gasteiger partial charge < -0.3 is 16.4 Å². The molecule has 1 saturated heterocycles. The van der Waals surface area contributed by atoms with Crippen LogP contribution in [0.15, 0.2) is 6.07 Å². The van der Waals surface area contributed by atoms with E-state index in [0.717, 1.165) is 4.88 Å². The van der Waals surface area contributed by atoms with Gasteiger partial charge in [0, 0.05) is 23.5 Å². The smallest absolute Gasteiger partial charge is 0.261 e. The highest BCUT2D eigenvalue weighted by atomic mass is 32.1. The Balaban J connectivity index is 2.00.